The van der Waals surface area contributed by atoms with Gasteiger partial charge < -0.3 is 0 Å². The fraction of sp³-hybridized carbons (Fsp3) is 0.600. The topological polar surface area (TPSA) is 57.5 Å². The molecule has 0 aliphatic rings. The van der Waals surface area contributed by atoms with Crippen molar-refractivity contribution in [3.8, 4) is 0 Å². The van der Waals surface area contributed by atoms with E-state index in [0.29, 0.717) is 0 Å². The first-order valence-corrected chi connectivity index (χ1v) is 3.61. The zero-order valence-corrected chi connectivity index (χ0v) is 6.72. The molecule has 0 radical (unpaired) electrons. The second-order valence-corrected chi connectivity index (χ2v) is 2.12. The SMILES string of the molecule is CC=C(C)C.O=[P+](O)O. The van der Waals surface area contributed by atoms with Crippen molar-refractivity contribution in [2.45, 2.75) is 20.8 Å². The summed E-state index contributed by atoms with van der Waals surface area (Å²) in [5.41, 5.74) is 1.38. The third-order valence-electron chi connectivity index (χ3n) is 0.577. The van der Waals surface area contributed by atoms with Gasteiger partial charge in [-0.05, 0) is 20.8 Å². The highest BCUT2D eigenvalue weighted by Gasteiger charge is 1.93. The monoisotopic (exact) mass is 151 g/mol. The molecule has 3 nitrogen and oxygen atoms in total. The maximum atomic E-state index is 8.70. The molecular weight excluding hydrogens is 139 g/mol. The van der Waals surface area contributed by atoms with E-state index in [1.807, 2.05) is 6.92 Å². The number of allylic oxidation sites excluding steroid dienone is 2. The van der Waals surface area contributed by atoms with Crippen molar-refractivity contribution >= 4 is 8.25 Å². The van der Waals surface area contributed by atoms with Crippen LogP contribution in [0.2, 0.25) is 0 Å². The Balaban J connectivity index is 0. The Morgan fingerprint density at radius 1 is 1.44 bits per heavy atom. The largest absolute Gasteiger partial charge is 0.692 e. The summed E-state index contributed by atoms with van der Waals surface area (Å²) in [7, 11) is -2.87. The zero-order valence-electron chi connectivity index (χ0n) is 5.83. The molecule has 0 saturated heterocycles. The molecule has 0 aromatic carbocycles. The van der Waals surface area contributed by atoms with E-state index >= 15 is 0 Å². The van der Waals surface area contributed by atoms with Crippen LogP contribution in [-0.4, -0.2) is 9.79 Å². The molecule has 0 bridgehead atoms. The first kappa shape index (κ1) is 11.5. The van der Waals surface area contributed by atoms with Gasteiger partial charge in [-0.25, -0.2) is 0 Å². The second kappa shape index (κ2) is 7.76. The second-order valence-electron chi connectivity index (χ2n) is 1.62. The minimum atomic E-state index is -2.87. The average Bonchev–Trinajstić information content (AvgIpc) is 1.65. The van der Waals surface area contributed by atoms with Crippen LogP contribution in [0.3, 0.4) is 0 Å². The Morgan fingerprint density at radius 3 is 1.56 bits per heavy atom. The van der Waals surface area contributed by atoms with Crippen LogP contribution in [0.4, 0.5) is 0 Å². The summed E-state index contributed by atoms with van der Waals surface area (Å²) in [6.07, 6.45) is 2.08. The van der Waals surface area contributed by atoms with Crippen molar-refractivity contribution in [1.29, 1.82) is 0 Å². The summed E-state index contributed by atoms with van der Waals surface area (Å²) in [5, 5.41) is 0. The maximum absolute atomic E-state index is 8.70. The number of rotatable bonds is 0. The molecule has 0 aromatic heterocycles. The highest BCUT2D eigenvalue weighted by Crippen LogP contribution is 1.98. The molecule has 0 fully saturated rings. The molecule has 54 valence electrons. The third-order valence-corrected chi connectivity index (χ3v) is 0.577. The lowest BCUT2D eigenvalue weighted by Gasteiger charge is -1.74. The van der Waals surface area contributed by atoms with E-state index in [1.165, 1.54) is 5.57 Å². The number of hydrogen-bond acceptors (Lipinski definition) is 1. The molecule has 0 aliphatic heterocycles. The molecule has 0 aromatic rings. The van der Waals surface area contributed by atoms with E-state index in [9.17, 15) is 0 Å². The molecule has 0 rings (SSSR count). The van der Waals surface area contributed by atoms with Crippen LogP contribution < -0.4 is 0 Å². The van der Waals surface area contributed by atoms with E-state index < -0.39 is 8.25 Å². The lowest BCUT2D eigenvalue weighted by Crippen LogP contribution is -1.52. The number of hydrogen-bond donors (Lipinski definition) is 2. The third kappa shape index (κ3) is 83.1. The van der Waals surface area contributed by atoms with Gasteiger partial charge in [0.25, 0.3) is 0 Å². The minimum absolute atomic E-state index is 1.38. The lowest BCUT2D eigenvalue weighted by atomic mass is 10.3. The highest BCUT2D eigenvalue weighted by molar-refractivity contribution is 7.30. The van der Waals surface area contributed by atoms with Crippen molar-refractivity contribution in [2.75, 3.05) is 0 Å². The van der Waals surface area contributed by atoms with E-state index in [-0.39, 0.29) is 0 Å². The molecule has 0 amide bonds. The Kier molecular flexibility index (Phi) is 9.95. The van der Waals surface area contributed by atoms with Crippen LogP contribution >= 0.6 is 8.25 Å². The van der Waals surface area contributed by atoms with E-state index in [2.05, 4.69) is 19.9 Å². The molecule has 9 heavy (non-hydrogen) atoms. The van der Waals surface area contributed by atoms with Gasteiger partial charge in [0.05, 0.1) is 0 Å². The van der Waals surface area contributed by atoms with E-state index in [1.54, 1.807) is 0 Å². The molecule has 0 heterocycles. The first-order chi connectivity index (χ1) is 4.00. The minimum Gasteiger partial charge on any atom is -0.134 e. The van der Waals surface area contributed by atoms with E-state index in [4.69, 9.17) is 14.4 Å². The van der Waals surface area contributed by atoms with Gasteiger partial charge in [0.2, 0.25) is 0 Å². The van der Waals surface area contributed by atoms with Crippen LogP contribution in [0.15, 0.2) is 11.6 Å². The molecule has 0 aliphatic carbocycles. The van der Waals surface area contributed by atoms with Gasteiger partial charge in [0.1, 0.15) is 0 Å². The molecule has 0 saturated carbocycles. The summed E-state index contributed by atoms with van der Waals surface area (Å²) in [5.74, 6) is 0. The Morgan fingerprint density at radius 2 is 1.56 bits per heavy atom. The summed E-state index contributed by atoms with van der Waals surface area (Å²) in [4.78, 5) is 14.2. The van der Waals surface area contributed by atoms with Gasteiger partial charge in [0, 0.05) is 4.57 Å². The van der Waals surface area contributed by atoms with Gasteiger partial charge in [-0.1, -0.05) is 11.6 Å². The predicted molar refractivity (Wildman–Crippen MR) is 37.1 cm³/mol. The van der Waals surface area contributed by atoms with Crippen molar-refractivity contribution in [2.24, 2.45) is 0 Å². The van der Waals surface area contributed by atoms with Crippen molar-refractivity contribution in [3.05, 3.63) is 11.6 Å². The van der Waals surface area contributed by atoms with Crippen LogP contribution in [0.25, 0.3) is 0 Å². The zero-order chi connectivity index (χ0) is 7.86. The van der Waals surface area contributed by atoms with Crippen LogP contribution in [0, 0.1) is 0 Å². The Labute approximate surface area is 56.0 Å². The molecular formula is C5H12O3P+. The smallest absolute Gasteiger partial charge is 0.134 e. The van der Waals surface area contributed by atoms with Crippen molar-refractivity contribution in [1.82, 2.24) is 0 Å². The fourth-order valence-electron chi connectivity index (χ4n) is 0. The molecule has 0 spiro atoms. The normalized spacial score (nSPS) is 6.78. The van der Waals surface area contributed by atoms with Gasteiger partial charge in [-0.2, -0.15) is 0 Å². The average molecular weight is 151 g/mol. The Hall–Kier alpha value is -0.240. The van der Waals surface area contributed by atoms with Gasteiger partial charge in [-0.3, -0.25) is 0 Å². The summed E-state index contributed by atoms with van der Waals surface area (Å²) >= 11 is 0. The molecule has 0 atom stereocenters. The fourth-order valence-corrected chi connectivity index (χ4v) is 0. The summed E-state index contributed by atoms with van der Waals surface area (Å²) < 4.78 is 8.70. The lowest BCUT2D eigenvalue weighted by molar-refractivity contribution is 0.405. The van der Waals surface area contributed by atoms with Crippen LogP contribution in [0.1, 0.15) is 20.8 Å². The predicted octanol–water partition coefficient (Wildman–Crippen LogP) is 1.60. The summed E-state index contributed by atoms with van der Waals surface area (Å²) in [6, 6.07) is 0. The van der Waals surface area contributed by atoms with Gasteiger partial charge in [-0.15, -0.1) is 9.79 Å². The first-order valence-electron chi connectivity index (χ1n) is 2.45. The molecule has 0 unspecified atom stereocenters. The van der Waals surface area contributed by atoms with Crippen LogP contribution in [-0.2, 0) is 4.57 Å². The molecule has 4 heteroatoms. The summed E-state index contributed by atoms with van der Waals surface area (Å²) in [6.45, 7) is 6.20. The maximum Gasteiger partial charge on any atom is 0.692 e. The van der Waals surface area contributed by atoms with Crippen LogP contribution in [0.5, 0.6) is 0 Å². The van der Waals surface area contributed by atoms with Crippen molar-refractivity contribution < 1.29 is 14.4 Å². The standard InChI is InChI=1S/C5H10.HO3P/c1-4-5(2)3;1-4(2)3/h4H,1-3H3;(H-,1,2,3)/p+1. The van der Waals surface area contributed by atoms with Crippen molar-refractivity contribution in [3.63, 3.8) is 0 Å². The van der Waals surface area contributed by atoms with E-state index in [0.717, 1.165) is 0 Å². The quantitative estimate of drug-likeness (QED) is 0.408. The molecule has 2 N–H and O–H groups in total. The Bertz CT molecular complexity index is 101. The van der Waals surface area contributed by atoms with Gasteiger partial charge in [0.15, 0.2) is 0 Å². The highest BCUT2D eigenvalue weighted by atomic mass is 31.1. The van der Waals surface area contributed by atoms with Gasteiger partial charge >= 0.3 is 8.25 Å².